The van der Waals surface area contributed by atoms with Crippen LogP contribution in [-0.2, 0) is 9.53 Å². The maximum absolute atomic E-state index is 11.9. The summed E-state index contributed by atoms with van der Waals surface area (Å²) >= 11 is 9.11. The van der Waals surface area contributed by atoms with E-state index in [0.717, 1.165) is 5.52 Å². The van der Waals surface area contributed by atoms with Gasteiger partial charge in [-0.05, 0) is 46.3 Å². The van der Waals surface area contributed by atoms with Crippen molar-refractivity contribution in [2.45, 2.75) is 0 Å². The zero-order valence-corrected chi connectivity index (χ0v) is 16.6. The van der Waals surface area contributed by atoms with Crippen molar-refractivity contribution in [3.8, 4) is 11.8 Å². The van der Waals surface area contributed by atoms with Gasteiger partial charge in [0.15, 0.2) is 18.2 Å². The smallest absolute Gasteiger partial charge is 0.344 e. The number of nitrogens with zero attached hydrogens (tertiary/aromatic N) is 2. The fourth-order valence-electron chi connectivity index (χ4n) is 2.32. The lowest BCUT2D eigenvalue weighted by Gasteiger charge is -2.09. The number of nitriles is 1. The number of carbonyl (C=O) groups excluding carboxylic acids is 1. The summed E-state index contributed by atoms with van der Waals surface area (Å²) < 4.78 is 10.9. The van der Waals surface area contributed by atoms with E-state index in [-0.39, 0.29) is 18.0 Å². The summed E-state index contributed by atoms with van der Waals surface area (Å²) in [4.78, 5) is 19.0. The van der Waals surface area contributed by atoms with E-state index in [2.05, 4.69) is 25.9 Å². The topological polar surface area (TPSA) is 108 Å². The minimum absolute atomic E-state index is 0.106. The Bertz CT molecular complexity index is 1070. The molecule has 0 aliphatic rings. The first-order valence-corrected chi connectivity index (χ1v) is 9.16. The van der Waals surface area contributed by atoms with Crippen molar-refractivity contribution in [1.82, 2.24) is 9.97 Å². The highest BCUT2D eigenvalue weighted by Gasteiger charge is 2.15. The molecule has 0 saturated heterocycles. The Morgan fingerprint density at radius 3 is 2.79 bits per heavy atom. The first-order chi connectivity index (χ1) is 13.5. The van der Waals surface area contributed by atoms with Gasteiger partial charge in [-0.3, -0.25) is 0 Å². The van der Waals surface area contributed by atoms with Crippen molar-refractivity contribution in [1.29, 1.82) is 5.26 Å². The minimum Gasteiger partial charge on any atom is -0.507 e. The summed E-state index contributed by atoms with van der Waals surface area (Å²) in [6, 6.07) is 13.9. The third-order valence-corrected chi connectivity index (χ3v) is 4.49. The third kappa shape index (κ3) is 4.63. The number of esters is 1. The van der Waals surface area contributed by atoms with E-state index >= 15 is 0 Å². The third-order valence-electron chi connectivity index (χ3n) is 3.64. The summed E-state index contributed by atoms with van der Waals surface area (Å²) in [7, 11) is 0. The zero-order chi connectivity index (χ0) is 20.1. The molecular formula is C19H13BrClN3O4. The van der Waals surface area contributed by atoms with Crippen LogP contribution < -0.4 is 4.74 Å². The molecule has 9 heteroatoms. The van der Waals surface area contributed by atoms with Gasteiger partial charge in [0, 0.05) is 5.02 Å². The molecule has 3 rings (SSSR count). The second-order valence-corrected chi connectivity index (χ2v) is 6.85. The molecule has 1 heterocycles. The molecule has 0 unspecified atom stereocenters. The predicted molar refractivity (Wildman–Crippen MR) is 107 cm³/mol. The SMILES string of the molecule is N#C/C(=C(/O)COC(=O)COc1ccc(Cl)cc1Br)c1nc2ccccc2[nH]1. The number of fused-ring (bicyclic) bond motifs is 1. The van der Waals surface area contributed by atoms with E-state index < -0.39 is 18.3 Å². The Balaban J connectivity index is 1.63. The van der Waals surface area contributed by atoms with Crippen LogP contribution in [-0.4, -0.2) is 34.3 Å². The molecule has 2 N–H and O–H groups in total. The molecule has 0 atom stereocenters. The molecule has 0 radical (unpaired) electrons. The number of nitrogens with one attached hydrogen (secondary N) is 1. The first-order valence-electron chi connectivity index (χ1n) is 7.98. The molecule has 0 fully saturated rings. The second kappa shape index (κ2) is 8.78. The number of hydrogen-bond donors (Lipinski definition) is 2. The molecule has 1 aromatic heterocycles. The number of allylic oxidation sites excluding steroid dienone is 1. The monoisotopic (exact) mass is 461 g/mol. The summed E-state index contributed by atoms with van der Waals surface area (Å²) in [5.74, 6) is -0.516. The van der Waals surface area contributed by atoms with Crippen LogP contribution in [0.15, 0.2) is 52.7 Å². The molecule has 0 saturated carbocycles. The Labute approximate surface area is 173 Å². The molecule has 0 aliphatic heterocycles. The van der Waals surface area contributed by atoms with Crippen LogP contribution in [0, 0.1) is 11.3 Å². The molecular weight excluding hydrogens is 450 g/mol. The summed E-state index contributed by atoms with van der Waals surface area (Å²) in [5, 5.41) is 20.0. The Morgan fingerprint density at radius 2 is 2.07 bits per heavy atom. The minimum atomic E-state index is -0.713. The number of para-hydroxylation sites is 2. The number of aromatic amines is 1. The molecule has 7 nitrogen and oxygen atoms in total. The van der Waals surface area contributed by atoms with Crippen molar-refractivity contribution in [2.75, 3.05) is 13.2 Å². The summed E-state index contributed by atoms with van der Waals surface area (Å²) in [6.07, 6.45) is 0. The van der Waals surface area contributed by atoms with Crippen molar-refractivity contribution >= 4 is 50.1 Å². The largest absolute Gasteiger partial charge is 0.507 e. The lowest BCUT2D eigenvalue weighted by molar-refractivity contribution is -0.145. The van der Waals surface area contributed by atoms with Crippen LogP contribution in [0.3, 0.4) is 0 Å². The highest BCUT2D eigenvalue weighted by molar-refractivity contribution is 9.10. The normalized spacial score (nSPS) is 11.6. The van der Waals surface area contributed by atoms with Gasteiger partial charge in [-0.15, -0.1) is 0 Å². The number of ether oxygens (including phenoxy) is 2. The molecule has 0 amide bonds. The maximum Gasteiger partial charge on any atom is 0.344 e. The zero-order valence-electron chi connectivity index (χ0n) is 14.3. The number of imidazole rings is 1. The van der Waals surface area contributed by atoms with Crippen molar-refractivity contribution < 1.29 is 19.4 Å². The Kier molecular flexibility index (Phi) is 6.19. The number of benzene rings is 2. The van der Waals surface area contributed by atoms with Gasteiger partial charge < -0.3 is 19.6 Å². The quantitative estimate of drug-likeness (QED) is 0.319. The fourth-order valence-corrected chi connectivity index (χ4v) is 3.11. The van der Waals surface area contributed by atoms with Crippen LogP contribution in [0.1, 0.15) is 5.82 Å². The van der Waals surface area contributed by atoms with Crippen molar-refractivity contribution in [2.24, 2.45) is 0 Å². The maximum atomic E-state index is 11.9. The highest BCUT2D eigenvalue weighted by atomic mass is 79.9. The van der Waals surface area contributed by atoms with E-state index in [1.165, 1.54) is 0 Å². The van der Waals surface area contributed by atoms with Crippen LogP contribution >= 0.6 is 27.5 Å². The fraction of sp³-hybridized carbons (Fsp3) is 0.105. The summed E-state index contributed by atoms with van der Waals surface area (Å²) in [5.41, 5.74) is 1.26. The number of aromatic nitrogens is 2. The molecule has 0 aliphatic carbocycles. The molecule has 0 bridgehead atoms. The van der Waals surface area contributed by atoms with Gasteiger partial charge in [-0.1, -0.05) is 23.7 Å². The lowest BCUT2D eigenvalue weighted by Crippen LogP contribution is -2.17. The Hall–Kier alpha value is -3.02. The van der Waals surface area contributed by atoms with Gasteiger partial charge >= 0.3 is 5.97 Å². The van der Waals surface area contributed by atoms with Crippen LogP contribution in [0.2, 0.25) is 5.02 Å². The number of hydrogen-bond acceptors (Lipinski definition) is 6. The van der Waals surface area contributed by atoms with Crippen LogP contribution in [0.5, 0.6) is 5.75 Å². The van der Waals surface area contributed by atoms with E-state index in [4.69, 9.17) is 21.1 Å². The van der Waals surface area contributed by atoms with E-state index in [1.54, 1.807) is 30.3 Å². The second-order valence-electron chi connectivity index (χ2n) is 5.56. The van der Waals surface area contributed by atoms with Gasteiger partial charge in [0.25, 0.3) is 0 Å². The molecule has 0 spiro atoms. The van der Waals surface area contributed by atoms with Gasteiger partial charge in [-0.2, -0.15) is 5.26 Å². The van der Waals surface area contributed by atoms with E-state index in [9.17, 15) is 15.2 Å². The molecule has 2 aromatic carbocycles. The van der Waals surface area contributed by atoms with Gasteiger partial charge in [0.1, 0.15) is 24.0 Å². The molecule has 142 valence electrons. The Morgan fingerprint density at radius 1 is 1.29 bits per heavy atom. The number of carbonyl (C=O) groups is 1. The number of halogens is 2. The van der Waals surface area contributed by atoms with Crippen LogP contribution in [0.4, 0.5) is 0 Å². The predicted octanol–water partition coefficient (Wildman–Crippen LogP) is 4.39. The lowest BCUT2D eigenvalue weighted by atomic mass is 10.2. The summed E-state index contributed by atoms with van der Waals surface area (Å²) in [6.45, 7) is -0.857. The highest BCUT2D eigenvalue weighted by Crippen LogP contribution is 2.28. The number of aliphatic hydroxyl groups is 1. The number of H-pyrrole nitrogens is 1. The average molecular weight is 463 g/mol. The first kappa shape index (κ1) is 19.7. The van der Waals surface area contributed by atoms with Crippen molar-refractivity contribution in [3.63, 3.8) is 0 Å². The van der Waals surface area contributed by atoms with Crippen LogP contribution in [0.25, 0.3) is 16.6 Å². The van der Waals surface area contributed by atoms with E-state index in [0.29, 0.717) is 20.8 Å². The van der Waals surface area contributed by atoms with E-state index in [1.807, 2.05) is 18.2 Å². The van der Waals surface area contributed by atoms with Crippen molar-refractivity contribution in [3.05, 3.63) is 63.5 Å². The molecule has 3 aromatic rings. The standard InChI is InChI=1S/C19H13BrClN3O4/c20-13-7-11(21)5-6-17(13)27-10-18(26)28-9-16(25)12(8-22)19-23-14-3-1-2-4-15(14)24-19/h1-7,25H,9-10H2,(H,23,24)/b16-12-. The average Bonchev–Trinajstić information content (AvgIpc) is 3.10. The number of rotatable bonds is 6. The molecule has 28 heavy (non-hydrogen) atoms. The van der Waals surface area contributed by atoms with Gasteiger partial charge in [0.2, 0.25) is 0 Å². The van der Waals surface area contributed by atoms with Gasteiger partial charge in [0.05, 0.1) is 15.5 Å². The number of aliphatic hydroxyl groups excluding tert-OH is 1. The van der Waals surface area contributed by atoms with Gasteiger partial charge in [-0.25, -0.2) is 9.78 Å².